The predicted molar refractivity (Wildman–Crippen MR) is 71.8 cm³/mol. The minimum absolute atomic E-state index is 0.0856. The van der Waals surface area contributed by atoms with E-state index in [-0.39, 0.29) is 17.9 Å². The largest absolute Gasteiger partial charge is 0.349 e. The maximum Gasteiger partial charge on any atom is 0.223 e. The Morgan fingerprint density at radius 2 is 1.76 bits per heavy atom. The molecule has 0 spiro atoms. The van der Waals surface area contributed by atoms with Crippen molar-refractivity contribution in [2.24, 2.45) is 5.92 Å². The molecule has 2 nitrogen and oxygen atoms in total. The summed E-state index contributed by atoms with van der Waals surface area (Å²) in [6.07, 6.45) is 1.93. The lowest BCUT2D eigenvalue weighted by atomic mass is 10.0. The standard InChI is InChI=1S/C15H23NO/c1-5-11(3)15(17)16-12(4)14-9-7-13(6-2)8-10-14/h7-12H,5-6H2,1-4H3,(H,16,17). The average molecular weight is 233 g/mol. The van der Waals surface area contributed by atoms with Crippen molar-refractivity contribution in [2.45, 2.75) is 46.6 Å². The molecule has 0 fully saturated rings. The summed E-state index contributed by atoms with van der Waals surface area (Å²) in [5.41, 5.74) is 2.49. The highest BCUT2D eigenvalue weighted by molar-refractivity contribution is 5.78. The van der Waals surface area contributed by atoms with E-state index in [4.69, 9.17) is 0 Å². The highest BCUT2D eigenvalue weighted by Crippen LogP contribution is 2.14. The summed E-state index contributed by atoms with van der Waals surface area (Å²) in [5.74, 6) is 0.229. The Balaban J connectivity index is 2.63. The maximum absolute atomic E-state index is 11.8. The van der Waals surface area contributed by atoms with Crippen LogP contribution in [0.4, 0.5) is 0 Å². The molecule has 0 saturated heterocycles. The summed E-state index contributed by atoms with van der Waals surface area (Å²) in [6.45, 7) is 8.16. The molecule has 1 rings (SSSR count). The first-order valence-electron chi connectivity index (χ1n) is 6.47. The molecule has 0 aliphatic heterocycles. The maximum atomic E-state index is 11.8. The fraction of sp³-hybridized carbons (Fsp3) is 0.533. The van der Waals surface area contributed by atoms with Gasteiger partial charge in [-0.25, -0.2) is 0 Å². The monoisotopic (exact) mass is 233 g/mol. The molecule has 0 aromatic heterocycles. The summed E-state index contributed by atoms with van der Waals surface area (Å²) in [7, 11) is 0. The molecule has 0 heterocycles. The van der Waals surface area contributed by atoms with E-state index < -0.39 is 0 Å². The molecule has 1 aromatic carbocycles. The van der Waals surface area contributed by atoms with Crippen LogP contribution in [0.3, 0.4) is 0 Å². The lowest BCUT2D eigenvalue weighted by Crippen LogP contribution is -2.31. The Kier molecular flexibility index (Phi) is 5.20. The van der Waals surface area contributed by atoms with Crippen molar-refractivity contribution in [1.82, 2.24) is 5.32 Å². The van der Waals surface area contributed by atoms with Crippen LogP contribution in [0.15, 0.2) is 24.3 Å². The molecular formula is C15H23NO. The normalized spacial score (nSPS) is 14.1. The minimum atomic E-state index is 0.0856. The quantitative estimate of drug-likeness (QED) is 0.829. The average Bonchev–Trinajstić information content (AvgIpc) is 2.37. The Morgan fingerprint density at radius 1 is 1.18 bits per heavy atom. The van der Waals surface area contributed by atoms with Crippen LogP contribution in [0, 0.1) is 5.92 Å². The van der Waals surface area contributed by atoms with Crippen molar-refractivity contribution in [3.63, 3.8) is 0 Å². The Bertz CT molecular complexity index is 356. The van der Waals surface area contributed by atoms with Crippen molar-refractivity contribution >= 4 is 5.91 Å². The van der Waals surface area contributed by atoms with Gasteiger partial charge in [0.05, 0.1) is 6.04 Å². The zero-order chi connectivity index (χ0) is 12.8. The second kappa shape index (κ2) is 6.43. The first kappa shape index (κ1) is 13.8. The zero-order valence-corrected chi connectivity index (χ0v) is 11.3. The first-order valence-corrected chi connectivity index (χ1v) is 6.47. The van der Waals surface area contributed by atoms with Gasteiger partial charge in [-0.15, -0.1) is 0 Å². The number of aryl methyl sites for hydroxylation is 1. The predicted octanol–water partition coefficient (Wildman–Crippen LogP) is 3.47. The van der Waals surface area contributed by atoms with Gasteiger partial charge >= 0.3 is 0 Å². The van der Waals surface area contributed by atoms with Crippen LogP contribution in [0.1, 0.15) is 51.3 Å². The van der Waals surface area contributed by atoms with Crippen molar-refractivity contribution in [3.05, 3.63) is 35.4 Å². The number of benzene rings is 1. The Labute approximate surface area is 104 Å². The summed E-state index contributed by atoms with van der Waals surface area (Å²) in [5, 5.41) is 3.05. The van der Waals surface area contributed by atoms with Gasteiger partial charge in [0.25, 0.3) is 0 Å². The Morgan fingerprint density at radius 3 is 2.24 bits per heavy atom. The zero-order valence-electron chi connectivity index (χ0n) is 11.3. The second-order valence-electron chi connectivity index (χ2n) is 4.63. The molecule has 2 atom stereocenters. The summed E-state index contributed by atoms with van der Waals surface area (Å²) in [4.78, 5) is 11.8. The van der Waals surface area contributed by atoms with Gasteiger partial charge in [0, 0.05) is 5.92 Å². The van der Waals surface area contributed by atoms with Crippen LogP contribution in [0.2, 0.25) is 0 Å². The molecule has 0 aliphatic carbocycles. The molecular weight excluding hydrogens is 210 g/mol. The topological polar surface area (TPSA) is 29.1 Å². The van der Waals surface area contributed by atoms with Crippen LogP contribution in [0.25, 0.3) is 0 Å². The van der Waals surface area contributed by atoms with Crippen molar-refractivity contribution < 1.29 is 4.79 Å². The van der Waals surface area contributed by atoms with E-state index in [2.05, 4.69) is 36.5 Å². The number of carbonyl (C=O) groups excluding carboxylic acids is 1. The van der Waals surface area contributed by atoms with Gasteiger partial charge in [-0.1, -0.05) is 45.0 Å². The smallest absolute Gasteiger partial charge is 0.223 e. The fourth-order valence-electron chi connectivity index (χ4n) is 1.67. The lowest BCUT2D eigenvalue weighted by molar-refractivity contribution is -0.125. The van der Waals surface area contributed by atoms with Gasteiger partial charge in [-0.05, 0) is 30.9 Å². The van der Waals surface area contributed by atoms with Gasteiger partial charge in [0.1, 0.15) is 0 Å². The van der Waals surface area contributed by atoms with Crippen LogP contribution >= 0.6 is 0 Å². The number of rotatable bonds is 5. The van der Waals surface area contributed by atoms with E-state index >= 15 is 0 Å². The number of hydrogen-bond donors (Lipinski definition) is 1. The number of nitrogens with one attached hydrogen (secondary N) is 1. The van der Waals surface area contributed by atoms with E-state index in [0.29, 0.717) is 0 Å². The number of hydrogen-bond acceptors (Lipinski definition) is 1. The highest BCUT2D eigenvalue weighted by atomic mass is 16.1. The van der Waals surface area contributed by atoms with Gasteiger partial charge < -0.3 is 5.32 Å². The molecule has 1 amide bonds. The molecule has 94 valence electrons. The van der Waals surface area contributed by atoms with Gasteiger partial charge in [0.15, 0.2) is 0 Å². The SMILES string of the molecule is CCc1ccc(C(C)NC(=O)C(C)CC)cc1. The van der Waals surface area contributed by atoms with Crippen LogP contribution in [0.5, 0.6) is 0 Å². The van der Waals surface area contributed by atoms with Gasteiger partial charge in [0.2, 0.25) is 5.91 Å². The van der Waals surface area contributed by atoms with Crippen LogP contribution in [-0.2, 0) is 11.2 Å². The van der Waals surface area contributed by atoms with E-state index in [1.54, 1.807) is 0 Å². The molecule has 2 unspecified atom stereocenters. The van der Waals surface area contributed by atoms with Crippen molar-refractivity contribution in [3.8, 4) is 0 Å². The Hall–Kier alpha value is -1.31. The first-order chi connectivity index (χ1) is 8.08. The molecule has 0 radical (unpaired) electrons. The fourth-order valence-corrected chi connectivity index (χ4v) is 1.67. The van der Waals surface area contributed by atoms with Gasteiger partial charge in [-0.3, -0.25) is 4.79 Å². The molecule has 0 aliphatic rings. The third-order valence-corrected chi connectivity index (χ3v) is 3.31. The minimum Gasteiger partial charge on any atom is -0.349 e. The van der Waals surface area contributed by atoms with Crippen LogP contribution in [-0.4, -0.2) is 5.91 Å². The molecule has 1 N–H and O–H groups in total. The molecule has 0 saturated carbocycles. The number of carbonyl (C=O) groups is 1. The van der Waals surface area contributed by atoms with E-state index in [1.807, 2.05) is 20.8 Å². The van der Waals surface area contributed by atoms with Crippen molar-refractivity contribution in [2.75, 3.05) is 0 Å². The third kappa shape index (κ3) is 3.88. The number of amides is 1. The van der Waals surface area contributed by atoms with E-state index in [9.17, 15) is 4.79 Å². The van der Waals surface area contributed by atoms with E-state index in [1.165, 1.54) is 11.1 Å². The second-order valence-corrected chi connectivity index (χ2v) is 4.63. The summed E-state index contributed by atoms with van der Waals surface area (Å²) in [6, 6.07) is 8.53. The summed E-state index contributed by atoms with van der Waals surface area (Å²) < 4.78 is 0. The highest BCUT2D eigenvalue weighted by Gasteiger charge is 2.14. The third-order valence-electron chi connectivity index (χ3n) is 3.31. The van der Waals surface area contributed by atoms with Crippen LogP contribution < -0.4 is 5.32 Å². The molecule has 0 bridgehead atoms. The van der Waals surface area contributed by atoms with Gasteiger partial charge in [-0.2, -0.15) is 0 Å². The molecule has 17 heavy (non-hydrogen) atoms. The lowest BCUT2D eigenvalue weighted by Gasteiger charge is -2.17. The van der Waals surface area contributed by atoms with Crippen molar-refractivity contribution in [1.29, 1.82) is 0 Å². The summed E-state index contributed by atoms with van der Waals surface area (Å²) >= 11 is 0. The van der Waals surface area contributed by atoms with E-state index in [0.717, 1.165) is 12.8 Å². The molecule has 1 aromatic rings. The molecule has 2 heteroatoms.